The summed E-state index contributed by atoms with van der Waals surface area (Å²) in [7, 11) is 0. The zero-order chi connectivity index (χ0) is 16.5. The molecule has 0 saturated carbocycles. The quantitative estimate of drug-likeness (QED) is 0.530. The molecule has 1 atom stereocenters. The number of rotatable bonds is 9. The molecular formula is C19H22O3S. The van der Waals surface area contributed by atoms with Gasteiger partial charge in [-0.15, -0.1) is 0 Å². The molecule has 0 fully saturated rings. The third kappa shape index (κ3) is 6.37. The molecule has 122 valence electrons. The Morgan fingerprint density at radius 1 is 1.00 bits per heavy atom. The second kappa shape index (κ2) is 9.26. The Morgan fingerprint density at radius 2 is 1.70 bits per heavy atom. The van der Waals surface area contributed by atoms with Crippen LogP contribution in [0, 0.1) is 0 Å². The van der Waals surface area contributed by atoms with Crippen molar-refractivity contribution < 1.29 is 14.6 Å². The van der Waals surface area contributed by atoms with Gasteiger partial charge in [-0.3, -0.25) is 4.79 Å². The molecule has 0 heterocycles. The van der Waals surface area contributed by atoms with E-state index >= 15 is 0 Å². The van der Waals surface area contributed by atoms with Crippen LogP contribution in [0.1, 0.15) is 30.4 Å². The van der Waals surface area contributed by atoms with E-state index in [0.29, 0.717) is 13.0 Å². The number of aryl methyl sites for hydroxylation is 1. The summed E-state index contributed by atoms with van der Waals surface area (Å²) in [6, 6.07) is 18.2. The van der Waals surface area contributed by atoms with Gasteiger partial charge in [-0.25, -0.2) is 0 Å². The van der Waals surface area contributed by atoms with Crippen LogP contribution in [-0.2, 0) is 17.8 Å². The Kier molecular flexibility index (Phi) is 7.01. The molecule has 0 spiro atoms. The van der Waals surface area contributed by atoms with Crippen LogP contribution in [-0.4, -0.2) is 16.3 Å². The summed E-state index contributed by atoms with van der Waals surface area (Å²) in [5.74, 6) is 0.0205. The molecule has 1 N–H and O–H groups in total. The van der Waals surface area contributed by atoms with Crippen LogP contribution in [0.15, 0.2) is 54.6 Å². The lowest BCUT2D eigenvalue weighted by molar-refractivity contribution is -0.136. The van der Waals surface area contributed by atoms with Crippen molar-refractivity contribution in [2.75, 3.05) is 0 Å². The van der Waals surface area contributed by atoms with E-state index in [-0.39, 0.29) is 0 Å². The third-order valence-electron chi connectivity index (χ3n) is 3.65. The van der Waals surface area contributed by atoms with Crippen molar-refractivity contribution in [2.24, 2.45) is 0 Å². The van der Waals surface area contributed by atoms with Crippen LogP contribution in [0.25, 0.3) is 0 Å². The first-order valence-electron chi connectivity index (χ1n) is 7.81. The fourth-order valence-corrected chi connectivity index (χ4v) is 2.47. The van der Waals surface area contributed by atoms with Gasteiger partial charge < -0.3 is 9.84 Å². The fourth-order valence-electron chi connectivity index (χ4n) is 2.28. The minimum Gasteiger partial charge on any atom is -0.489 e. The molecule has 0 bridgehead atoms. The highest BCUT2D eigenvalue weighted by Crippen LogP contribution is 2.16. The smallest absolute Gasteiger partial charge is 0.316 e. The summed E-state index contributed by atoms with van der Waals surface area (Å²) in [5.41, 5.74) is 2.39. The summed E-state index contributed by atoms with van der Waals surface area (Å²) in [5, 5.41) is 8.22. The highest BCUT2D eigenvalue weighted by atomic mass is 32.1. The van der Waals surface area contributed by atoms with Crippen molar-refractivity contribution in [1.29, 1.82) is 0 Å². The first kappa shape index (κ1) is 17.4. The molecule has 0 radical (unpaired) electrons. The van der Waals surface area contributed by atoms with Crippen LogP contribution in [0.5, 0.6) is 5.75 Å². The Labute approximate surface area is 142 Å². The Bertz CT molecular complexity index is 596. The van der Waals surface area contributed by atoms with E-state index in [2.05, 4.69) is 24.8 Å². The van der Waals surface area contributed by atoms with Gasteiger partial charge in [0.25, 0.3) is 0 Å². The maximum Gasteiger partial charge on any atom is 0.316 e. The number of unbranched alkanes of at least 4 members (excludes halogenated alkanes) is 1. The molecule has 2 rings (SSSR count). The van der Waals surface area contributed by atoms with Crippen LogP contribution < -0.4 is 4.74 Å². The van der Waals surface area contributed by atoms with Crippen molar-refractivity contribution in [3.63, 3.8) is 0 Å². The average Bonchev–Trinajstić information content (AvgIpc) is 2.58. The van der Waals surface area contributed by atoms with E-state index in [1.807, 2.05) is 42.5 Å². The largest absolute Gasteiger partial charge is 0.489 e. The number of carboxylic acids is 1. The predicted molar refractivity (Wildman–Crippen MR) is 95.2 cm³/mol. The Hall–Kier alpha value is -1.94. The summed E-state index contributed by atoms with van der Waals surface area (Å²) in [4.78, 5) is 10.7. The topological polar surface area (TPSA) is 46.5 Å². The monoisotopic (exact) mass is 330 g/mol. The Morgan fingerprint density at radius 3 is 2.35 bits per heavy atom. The average molecular weight is 330 g/mol. The third-order valence-corrected chi connectivity index (χ3v) is 4.13. The molecule has 0 aliphatic rings. The van der Waals surface area contributed by atoms with E-state index < -0.39 is 11.2 Å². The molecule has 0 amide bonds. The van der Waals surface area contributed by atoms with Gasteiger partial charge in [0.05, 0.1) is 5.25 Å². The summed E-state index contributed by atoms with van der Waals surface area (Å²) in [6.45, 7) is 0.568. The number of benzene rings is 2. The number of carbonyl (C=O) groups is 1. The van der Waals surface area contributed by atoms with E-state index in [4.69, 9.17) is 9.84 Å². The molecule has 0 aromatic heterocycles. The maximum absolute atomic E-state index is 10.7. The number of thiol groups is 1. The van der Waals surface area contributed by atoms with Gasteiger partial charge in [0, 0.05) is 0 Å². The molecule has 0 aliphatic carbocycles. The lowest BCUT2D eigenvalue weighted by Gasteiger charge is -2.08. The van der Waals surface area contributed by atoms with Crippen molar-refractivity contribution in [2.45, 2.75) is 37.5 Å². The Balaban J connectivity index is 1.71. The molecule has 23 heavy (non-hydrogen) atoms. The standard InChI is InChI=1S/C19H22O3S/c20-19(21)18(23)9-5-4-6-15-10-12-17(13-11-15)22-14-16-7-2-1-3-8-16/h1-3,7-8,10-13,18,23H,4-6,9,14H2,(H,20,21). The van der Waals surface area contributed by atoms with Crippen LogP contribution >= 0.6 is 12.6 Å². The number of ether oxygens (including phenoxy) is 1. The molecule has 0 aliphatic heterocycles. The van der Waals surface area contributed by atoms with Gasteiger partial charge in [-0.1, -0.05) is 48.9 Å². The first-order chi connectivity index (χ1) is 11.1. The van der Waals surface area contributed by atoms with Crippen LogP contribution in [0.4, 0.5) is 0 Å². The van der Waals surface area contributed by atoms with Gasteiger partial charge in [0.2, 0.25) is 0 Å². The minimum atomic E-state index is -0.840. The summed E-state index contributed by atoms with van der Waals surface area (Å²) >= 11 is 4.04. The molecular weight excluding hydrogens is 308 g/mol. The van der Waals surface area contributed by atoms with Crippen LogP contribution in [0.3, 0.4) is 0 Å². The van der Waals surface area contributed by atoms with Gasteiger partial charge in [0.15, 0.2) is 0 Å². The summed E-state index contributed by atoms with van der Waals surface area (Å²) in [6.07, 6.45) is 3.39. The maximum atomic E-state index is 10.7. The van der Waals surface area contributed by atoms with Gasteiger partial charge in [-0.05, 0) is 42.5 Å². The van der Waals surface area contributed by atoms with E-state index in [1.165, 1.54) is 5.56 Å². The number of hydrogen-bond donors (Lipinski definition) is 2. The number of hydrogen-bond acceptors (Lipinski definition) is 3. The van der Waals surface area contributed by atoms with Crippen molar-refractivity contribution >= 4 is 18.6 Å². The molecule has 4 heteroatoms. The van der Waals surface area contributed by atoms with Crippen molar-refractivity contribution in [1.82, 2.24) is 0 Å². The normalized spacial score (nSPS) is 11.9. The zero-order valence-electron chi connectivity index (χ0n) is 13.0. The van der Waals surface area contributed by atoms with Crippen molar-refractivity contribution in [3.05, 3.63) is 65.7 Å². The van der Waals surface area contributed by atoms with Crippen molar-refractivity contribution in [3.8, 4) is 5.75 Å². The highest BCUT2D eigenvalue weighted by Gasteiger charge is 2.10. The number of aliphatic carboxylic acids is 1. The van der Waals surface area contributed by atoms with E-state index in [9.17, 15) is 4.79 Å². The first-order valence-corrected chi connectivity index (χ1v) is 8.33. The molecule has 2 aromatic carbocycles. The van der Waals surface area contributed by atoms with E-state index in [1.54, 1.807) is 0 Å². The van der Waals surface area contributed by atoms with Gasteiger partial charge in [-0.2, -0.15) is 12.6 Å². The predicted octanol–water partition coefficient (Wildman–Crippen LogP) is 4.36. The van der Waals surface area contributed by atoms with Gasteiger partial charge in [0.1, 0.15) is 12.4 Å². The van der Waals surface area contributed by atoms with E-state index in [0.717, 1.165) is 30.6 Å². The van der Waals surface area contributed by atoms with Gasteiger partial charge >= 0.3 is 5.97 Å². The molecule has 0 saturated heterocycles. The number of carboxylic acid groups (broad SMARTS) is 1. The zero-order valence-corrected chi connectivity index (χ0v) is 13.9. The SMILES string of the molecule is O=C(O)C(S)CCCCc1ccc(OCc2ccccc2)cc1. The second-order valence-corrected chi connectivity index (χ2v) is 6.14. The second-order valence-electron chi connectivity index (χ2n) is 5.52. The lowest BCUT2D eigenvalue weighted by Crippen LogP contribution is -2.12. The minimum absolute atomic E-state index is 0.552. The molecule has 1 unspecified atom stereocenters. The molecule has 2 aromatic rings. The lowest BCUT2D eigenvalue weighted by atomic mass is 10.1. The summed E-state index contributed by atoms with van der Waals surface area (Å²) < 4.78 is 5.76. The highest BCUT2D eigenvalue weighted by molar-refractivity contribution is 7.81. The van der Waals surface area contributed by atoms with Crippen LogP contribution in [0.2, 0.25) is 0 Å². The molecule has 3 nitrogen and oxygen atoms in total. The fraction of sp³-hybridized carbons (Fsp3) is 0.316.